The molecule has 0 radical (unpaired) electrons. The maximum atomic E-state index is 11.0. The Kier molecular flexibility index (Phi) is 7.93. The summed E-state index contributed by atoms with van der Waals surface area (Å²) in [4.78, 5) is 11.0. The monoisotopic (exact) mass is 201 g/mol. The third kappa shape index (κ3) is 6.48. The summed E-state index contributed by atoms with van der Waals surface area (Å²) in [5.74, 6) is 0. The fourth-order valence-corrected chi connectivity index (χ4v) is 0.984. The van der Waals surface area contributed by atoms with Gasteiger partial charge in [-0.2, -0.15) is 5.06 Å². The van der Waals surface area contributed by atoms with Gasteiger partial charge in [-0.1, -0.05) is 38.8 Å². The predicted octanol–water partition coefficient (Wildman–Crippen LogP) is 2.58. The van der Waals surface area contributed by atoms with Gasteiger partial charge in [0, 0.05) is 0 Å². The van der Waals surface area contributed by atoms with E-state index < -0.39 is 6.09 Å². The Bertz CT molecular complexity index is 171. The molecule has 0 heterocycles. The molecule has 0 rings (SSSR count). The first-order valence-electron chi connectivity index (χ1n) is 4.96. The van der Waals surface area contributed by atoms with Gasteiger partial charge in [-0.15, -0.1) is 0 Å². The van der Waals surface area contributed by atoms with E-state index in [1.54, 1.807) is 0 Å². The van der Waals surface area contributed by atoms with E-state index in [9.17, 15) is 4.79 Å². The van der Waals surface area contributed by atoms with Crippen LogP contribution in [0.4, 0.5) is 4.79 Å². The van der Waals surface area contributed by atoms with Crippen molar-refractivity contribution in [2.75, 3.05) is 13.2 Å². The first-order valence-corrected chi connectivity index (χ1v) is 4.96. The van der Waals surface area contributed by atoms with Crippen molar-refractivity contribution in [2.24, 2.45) is 0 Å². The average molecular weight is 201 g/mol. The summed E-state index contributed by atoms with van der Waals surface area (Å²) in [5.41, 5.74) is 0. The fraction of sp³-hybridized carbons (Fsp3) is 0.700. The Morgan fingerprint density at radius 1 is 1.50 bits per heavy atom. The number of carbonyl (C=O) groups is 1. The summed E-state index contributed by atoms with van der Waals surface area (Å²) in [6, 6.07) is 0. The molecule has 0 atom stereocenters. The molecule has 0 aromatic rings. The highest BCUT2D eigenvalue weighted by Gasteiger charge is 2.10. The summed E-state index contributed by atoms with van der Waals surface area (Å²) < 4.78 is 4.63. The lowest BCUT2D eigenvalue weighted by Crippen LogP contribution is -2.29. The second-order valence-corrected chi connectivity index (χ2v) is 3.05. The molecule has 0 spiro atoms. The third-order valence-electron chi connectivity index (χ3n) is 1.76. The van der Waals surface area contributed by atoms with Gasteiger partial charge >= 0.3 is 6.09 Å². The van der Waals surface area contributed by atoms with Crippen LogP contribution in [0.1, 0.15) is 32.6 Å². The second-order valence-electron chi connectivity index (χ2n) is 3.05. The Morgan fingerprint density at radius 3 is 2.79 bits per heavy atom. The largest absolute Gasteiger partial charge is 0.444 e. The average Bonchev–Trinajstić information content (AvgIpc) is 2.20. The number of hydrogen-bond donors (Lipinski definition) is 1. The van der Waals surface area contributed by atoms with Gasteiger partial charge in [-0.25, -0.2) is 4.79 Å². The van der Waals surface area contributed by atoms with Crippen molar-refractivity contribution in [3.63, 3.8) is 0 Å². The molecule has 0 aromatic carbocycles. The van der Waals surface area contributed by atoms with Crippen molar-refractivity contribution in [2.45, 2.75) is 32.6 Å². The van der Waals surface area contributed by atoms with Crippen LogP contribution in [0.3, 0.4) is 0 Å². The fourth-order valence-electron chi connectivity index (χ4n) is 0.984. The standard InChI is InChI=1S/C10H19NO3/c1-3-5-6-7-8-11(13)10(12)14-9-4-2/h4,13H,2-3,5-9H2,1H3. The predicted molar refractivity (Wildman–Crippen MR) is 54.2 cm³/mol. The van der Waals surface area contributed by atoms with Crippen LogP contribution in [0.25, 0.3) is 0 Å². The van der Waals surface area contributed by atoms with Crippen molar-refractivity contribution in [1.29, 1.82) is 0 Å². The van der Waals surface area contributed by atoms with E-state index in [2.05, 4.69) is 18.2 Å². The molecule has 0 aliphatic rings. The molecule has 0 aliphatic carbocycles. The van der Waals surface area contributed by atoms with Crippen molar-refractivity contribution in [1.82, 2.24) is 5.06 Å². The number of unbranched alkanes of at least 4 members (excludes halogenated alkanes) is 3. The molecule has 4 heteroatoms. The Balaban J connectivity index is 3.46. The van der Waals surface area contributed by atoms with Crippen molar-refractivity contribution in [3.05, 3.63) is 12.7 Å². The minimum absolute atomic E-state index is 0.130. The van der Waals surface area contributed by atoms with Gasteiger partial charge in [0.25, 0.3) is 0 Å². The third-order valence-corrected chi connectivity index (χ3v) is 1.76. The minimum atomic E-state index is -0.707. The molecule has 0 aliphatic heterocycles. The maximum Gasteiger partial charge on any atom is 0.434 e. The summed E-state index contributed by atoms with van der Waals surface area (Å²) in [6.07, 6.45) is 4.82. The van der Waals surface area contributed by atoms with Crippen LogP contribution < -0.4 is 0 Å². The summed E-state index contributed by atoms with van der Waals surface area (Å²) >= 11 is 0. The highest BCUT2D eigenvalue weighted by molar-refractivity contribution is 5.66. The molecule has 0 unspecified atom stereocenters. The van der Waals surface area contributed by atoms with Gasteiger partial charge < -0.3 is 4.74 Å². The molecule has 0 saturated heterocycles. The number of hydroxylamine groups is 2. The van der Waals surface area contributed by atoms with Crippen LogP contribution in [-0.4, -0.2) is 29.5 Å². The second kappa shape index (κ2) is 8.56. The first kappa shape index (κ1) is 13.0. The van der Waals surface area contributed by atoms with Gasteiger partial charge in [0.1, 0.15) is 6.61 Å². The van der Waals surface area contributed by atoms with Gasteiger partial charge in [-0.3, -0.25) is 5.21 Å². The van der Waals surface area contributed by atoms with Gasteiger partial charge in [0.15, 0.2) is 0 Å². The van der Waals surface area contributed by atoms with Crippen LogP contribution in [-0.2, 0) is 4.74 Å². The minimum Gasteiger partial charge on any atom is -0.444 e. The number of hydrogen-bond acceptors (Lipinski definition) is 3. The van der Waals surface area contributed by atoms with Crippen molar-refractivity contribution < 1.29 is 14.7 Å². The van der Waals surface area contributed by atoms with Crippen LogP contribution in [0.5, 0.6) is 0 Å². The van der Waals surface area contributed by atoms with E-state index in [0.29, 0.717) is 11.6 Å². The lowest BCUT2D eigenvalue weighted by atomic mass is 10.2. The quantitative estimate of drug-likeness (QED) is 0.298. The summed E-state index contributed by atoms with van der Waals surface area (Å²) in [5, 5.41) is 9.78. The zero-order valence-corrected chi connectivity index (χ0v) is 8.74. The molecule has 4 nitrogen and oxygen atoms in total. The van der Waals surface area contributed by atoms with Crippen LogP contribution in [0, 0.1) is 0 Å². The van der Waals surface area contributed by atoms with E-state index >= 15 is 0 Å². The van der Waals surface area contributed by atoms with E-state index in [1.165, 1.54) is 6.08 Å². The summed E-state index contributed by atoms with van der Waals surface area (Å²) in [6.45, 7) is 5.97. The Hall–Kier alpha value is -1.03. The van der Waals surface area contributed by atoms with Crippen LogP contribution in [0.2, 0.25) is 0 Å². The van der Waals surface area contributed by atoms with Crippen molar-refractivity contribution >= 4 is 6.09 Å². The molecule has 82 valence electrons. The van der Waals surface area contributed by atoms with E-state index in [4.69, 9.17) is 5.21 Å². The topological polar surface area (TPSA) is 49.8 Å². The van der Waals surface area contributed by atoms with Gasteiger partial charge in [0.2, 0.25) is 0 Å². The smallest absolute Gasteiger partial charge is 0.434 e. The molecule has 0 fully saturated rings. The summed E-state index contributed by atoms with van der Waals surface area (Å²) in [7, 11) is 0. The van der Waals surface area contributed by atoms with E-state index in [0.717, 1.165) is 25.7 Å². The van der Waals surface area contributed by atoms with E-state index in [1.807, 2.05) is 0 Å². The number of nitrogens with zero attached hydrogens (tertiary/aromatic N) is 1. The zero-order chi connectivity index (χ0) is 10.8. The van der Waals surface area contributed by atoms with Crippen molar-refractivity contribution in [3.8, 4) is 0 Å². The molecule has 0 aromatic heterocycles. The number of amides is 1. The maximum absolute atomic E-state index is 11.0. The zero-order valence-electron chi connectivity index (χ0n) is 8.74. The van der Waals surface area contributed by atoms with Crippen LogP contribution >= 0.6 is 0 Å². The van der Waals surface area contributed by atoms with Gasteiger partial charge in [0.05, 0.1) is 6.54 Å². The molecular weight excluding hydrogens is 182 g/mol. The molecule has 14 heavy (non-hydrogen) atoms. The highest BCUT2D eigenvalue weighted by Crippen LogP contribution is 2.01. The molecule has 1 amide bonds. The first-order chi connectivity index (χ1) is 6.72. The normalized spacial score (nSPS) is 9.57. The number of rotatable bonds is 7. The molecular formula is C10H19NO3. The molecule has 0 bridgehead atoms. The van der Waals surface area contributed by atoms with Gasteiger partial charge in [-0.05, 0) is 6.42 Å². The lowest BCUT2D eigenvalue weighted by Gasteiger charge is -2.13. The highest BCUT2D eigenvalue weighted by atomic mass is 16.6. The Morgan fingerprint density at radius 2 is 2.21 bits per heavy atom. The molecule has 0 saturated carbocycles. The van der Waals surface area contributed by atoms with E-state index in [-0.39, 0.29) is 6.61 Å². The Labute approximate surface area is 85.1 Å². The number of carbonyl (C=O) groups excluding carboxylic acids is 1. The molecule has 1 N–H and O–H groups in total. The van der Waals surface area contributed by atoms with Crippen LogP contribution in [0.15, 0.2) is 12.7 Å². The SMILES string of the molecule is C=CCOC(=O)N(O)CCCCCC. The number of ether oxygens (including phenoxy) is 1. The lowest BCUT2D eigenvalue weighted by molar-refractivity contribution is -0.0726.